The van der Waals surface area contributed by atoms with Crippen LogP contribution in [0.4, 0.5) is 17.2 Å². The molecular formula is C16H12N4O3S. The molecule has 1 aliphatic heterocycles. The first-order valence-corrected chi connectivity index (χ1v) is 7.47. The van der Waals surface area contributed by atoms with E-state index in [9.17, 15) is 14.9 Å². The molecule has 120 valence electrons. The molecule has 0 aliphatic carbocycles. The summed E-state index contributed by atoms with van der Waals surface area (Å²) in [4.78, 5) is 30.4. The molecule has 7 nitrogen and oxygen atoms in total. The van der Waals surface area contributed by atoms with Crippen LogP contribution in [0.25, 0.3) is 0 Å². The van der Waals surface area contributed by atoms with Gasteiger partial charge in [-0.1, -0.05) is 12.0 Å². The minimum absolute atomic E-state index is 0.0623. The molecule has 2 heterocycles. The van der Waals surface area contributed by atoms with E-state index in [-0.39, 0.29) is 18.1 Å². The Bertz CT molecular complexity index is 864. The van der Waals surface area contributed by atoms with Crippen molar-refractivity contribution >= 4 is 35.7 Å². The molecule has 0 saturated heterocycles. The summed E-state index contributed by atoms with van der Waals surface area (Å²) in [6, 6.07) is 9.35. The first kappa shape index (κ1) is 15.8. The molecule has 8 heteroatoms. The van der Waals surface area contributed by atoms with Gasteiger partial charge in [-0.25, -0.2) is 4.98 Å². The summed E-state index contributed by atoms with van der Waals surface area (Å²) in [5.41, 5.74) is 0.0760. The number of amides is 1. The molecule has 1 amide bonds. The van der Waals surface area contributed by atoms with E-state index in [2.05, 4.69) is 23.5 Å². The minimum atomic E-state index is -0.724. The maximum atomic E-state index is 12.6. The van der Waals surface area contributed by atoms with E-state index in [1.54, 1.807) is 35.4 Å². The van der Waals surface area contributed by atoms with Gasteiger partial charge in [0.05, 0.1) is 22.7 Å². The predicted molar refractivity (Wildman–Crippen MR) is 92.1 cm³/mol. The lowest BCUT2D eigenvalue weighted by atomic mass is 10.1. The van der Waals surface area contributed by atoms with Crippen LogP contribution in [-0.4, -0.2) is 32.8 Å². The first-order chi connectivity index (χ1) is 11.5. The molecular weight excluding hydrogens is 328 g/mol. The van der Waals surface area contributed by atoms with Gasteiger partial charge in [-0.05, 0) is 18.2 Å². The molecule has 0 N–H and O–H groups in total. The van der Waals surface area contributed by atoms with E-state index in [0.29, 0.717) is 17.1 Å². The first-order valence-electron chi connectivity index (χ1n) is 6.96. The molecule has 1 aliphatic rings. The van der Waals surface area contributed by atoms with Crippen molar-refractivity contribution < 1.29 is 9.72 Å². The van der Waals surface area contributed by atoms with E-state index >= 15 is 0 Å². The summed E-state index contributed by atoms with van der Waals surface area (Å²) >= 11 is 4.49. The molecule has 24 heavy (non-hydrogen) atoms. The third kappa shape index (κ3) is 2.55. The number of nitrogens with zero attached hydrogens (tertiary/aromatic N) is 4. The zero-order valence-corrected chi connectivity index (χ0v) is 13.3. The molecule has 0 bridgehead atoms. The molecule has 3 rings (SSSR count). The number of carbonyl (C=O) groups excluding carboxylic acids is 1. The monoisotopic (exact) mass is 340 g/mol. The van der Waals surface area contributed by atoms with Gasteiger partial charge in [-0.3, -0.25) is 24.7 Å². The average Bonchev–Trinajstić information content (AvgIpc) is 2.59. The van der Waals surface area contributed by atoms with Gasteiger partial charge >= 0.3 is 0 Å². The summed E-state index contributed by atoms with van der Waals surface area (Å²) < 4.78 is 0. The van der Waals surface area contributed by atoms with Gasteiger partial charge < -0.3 is 0 Å². The molecule has 0 fully saturated rings. The minimum Gasteiger partial charge on any atom is -0.298 e. The zero-order chi connectivity index (χ0) is 17.3. The van der Waals surface area contributed by atoms with Crippen molar-refractivity contribution in [1.29, 1.82) is 0 Å². The van der Waals surface area contributed by atoms with E-state index < -0.39 is 10.4 Å². The number of rotatable bonds is 3. The Balaban J connectivity index is 2.17. The second-order valence-corrected chi connectivity index (χ2v) is 5.47. The van der Waals surface area contributed by atoms with Crippen LogP contribution in [0.5, 0.6) is 0 Å². The fourth-order valence-corrected chi connectivity index (χ4v) is 2.96. The Kier molecular flexibility index (Phi) is 4.10. The van der Waals surface area contributed by atoms with E-state index in [1.165, 1.54) is 17.0 Å². The number of carbonyl (C=O) groups is 1. The van der Waals surface area contributed by atoms with Crippen LogP contribution in [0.15, 0.2) is 42.6 Å². The molecule has 1 atom stereocenters. The number of terminal acetylenes is 1. The summed E-state index contributed by atoms with van der Waals surface area (Å²) in [7, 11) is 0. The molecule has 1 aromatic carbocycles. The van der Waals surface area contributed by atoms with Crippen molar-refractivity contribution in [3.8, 4) is 12.3 Å². The zero-order valence-electron chi connectivity index (χ0n) is 12.4. The molecule has 1 unspecified atom stereocenters. The third-order valence-corrected chi connectivity index (χ3v) is 4.11. The number of hydrogen-bond donors (Lipinski definition) is 1. The van der Waals surface area contributed by atoms with Gasteiger partial charge in [0.1, 0.15) is 5.82 Å². The van der Waals surface area contributed by atoms with Crippen molar-refractivity contribution in [3.05, 3.63) is 58.3 Å². The number of pyridine rings is 1. The maximum Gasteiger partial charge on any atom is 0.271 e. The van der Waals surface area contributed by atoms with Gasteiger partial charge in [-0.2, -0.15) is 0 Å². The number of thiol groups is 1. The number of benzene rings is 1. The fourth-order valence-electron chi connectivity index (χ4n) is 2.53. The van der Waals surface area contributed by atoms with Crippen LogP contribution >= 0.6 is 12.6 Å². The molecule has 0 saturated carbocycles. The number of fused-ring (bicyclic) bond motifs is 1. The van der Waals surface area contributed by atoms with E-state index in [4.69, 9.17) is 6.42 Å². The van der Waals surface area contributed by atoms with Crippen molar-refractivity contribution in [3.63, 3.8) is 0 Å². The largest absolute Gasteiger partial charge is 0.298 e. The van der Waals surface area contributed by atoms with Crippen LogP contribution in [0.3, 0.4) is 0 Å². The van der Waals surface area contributed by atoms with Crippen LogP contribution in [0.1, 0.15) is 10.4 Å². The standard InChI is InChI=1S/C16H12N4O3S/c1-2-9-18-15(21)13-7-4-8-17-14(13)19(16(18)24)11-5-3-6-12(10-11)20(22)23/h1,3-8,10,16,24H,9H2. The normalized spacial score (nSPS) is 16.5. The molecule has 2 aromatic rings. The SMILES string of the molecule is C#CCN1C(=O)c2cccnc2N(c2cccc([N+](=O)[O-])c2)C1S. The molecule has 0 spiro atoms. The Labute approximate surface area is 143 Å². The van der Waals surface area contributed by atoms with Gasteiger partial charge in [-0.15, -0.1) is 19.1 Å². The number of anilines is 2. The lowest BCUT2D eigenvalue weighted by Gasteiger charge is -2.41. The number of nitro groups is 1. The Hall–Kier alpha value is -3.05. The van der Waals surface area contributed by atoms with Crippen molar-refractivity contribution in [2.75, 3.05) is 11.4 Å². The van der Waals surface area contributed by atoms with Gasteiger partial charge in [0, 0.05) is 18.3 Å². The summed E-state index contributed by atoms with van der Waals surface area (Å²) in [5, 5.41) is 11.0. The third-order valence-electron chi connectivity index (χ3n) is 3.60. The second kappa shape index (κ2) is 6.22. The highest BCUT2D eigenvalue weighted by Crippen LogP contribution is 2.37. The number of aromatic nitrogens is 1. The smallest absolute Gasteiger partial charge is 0.271 e. The Morgan fingerprint density at radius 1 is 1.38 bits per heavy atom. The summed E-state index contributed by atoms with van der Waals surface area (Å²) in [5.74, 6) is 2.54. The molecule has 1 aromatic heterocycles. The highest BCUT2D eigenvalue weighted by Gasteiger charge is 2.37. The number of hydrogen-bond acceptors (Lipinski definition) is 6. The predicted octanol–water partition coefficient (Wildman–Crippen LogP) is 2.43. The Morgan fingerprint density at radius 3 is 2.88 bits per heavy atom. The summed E-state index contributed by atoms with van der Waals surface area (Å²) in [6.45, 7) is 0.0623. The second-order valence-electron chi connectivity index (χ2n) is 5.01. The van der Waals surface area contributed by atoms with Crippen molar-refractivity contribution in [1.82, 2.24) is 9.88 Å². The number of non-ortho nitro benzene ring substituents is 1. The van der Waals surface area contributed by atoms with Gasteiger partial charge in [0.25, 0.3) is 11.6 Å². The van der Waals surface area contributed by atoms with Gasteiger partial charge in [0.15, 0.2) is 5.50 Å². The fraction of sp³-hybridized carbons (Fsp3) is 0.125. The topological polar surface area (TPSA) is 79.6 Å². The van der Waals surface area contributed by atoms with Crippen LogP contribution < -0.4 is 4.90 Å². The van der Waals surface area contributed by atoms with E-state index in [0.717, 1.165) is 0 Å². The maximum absolute atomic E-state index is 12.6. The highest BCUT2D eigenvalue weighted by atomic mass is 32.1. The average molecular weight is 340 g/mol. The molecule has 0 radical (unpaired) electrons. The lowest BCUT2D eigenvalue weighted by Crippen LogP contribution is -2.51. The van der Waals surface area contributed by atoms with Crippen LogP contribution in [0.2, 0.25) is 0 Å². The highest BCUT2D eigenvalue weighted by molar-refractivity contribution is 7.81. The summed E-state index contributed by atoms with van der Waals surface area (Å²) in [6.07, 6.45) is 6.90. The van der Waals surface area contributed by atoms with E-state index in [1.807, 2.05) is 0 Å². The van der Waals surface area contributed by atoms with Crippen molar-refractivity contribution in [2.45, 2.75) is 5.50 Å². The number of nitro benzene ring substituents is 1. The van der Waals surface area contributed by atoms with Gasteiger partial charge in [0.2, 0.25) is 0 Å². The quantitative estimate of drug-likeness (QED) is 0.402. The van der Waals surface area contributed by atoms with Crippen LogP contribution in [-0.2, 0) is 0 Å². The Morgan fingerprint density at radius 2 is 2.17 bits per heavy atom. The van der Waals surface area contributed by atoms with Crippen molar-refractivity contribution in [2.24, 2.45) is 0 Å². The van der Waals surface area contributed by atoms with Crippen LogP contribution in [0, 0.1) is 22.5 Å². The lowest BCUT2D eigenvalue weighted by molar-refractivity contribution is -0.384.